The predicted molar refractivity (Wildman–Crippen MR) is 127 cm³/mol. The van der Waals surface area contributed by atoms with Crippen molar-refractivity contribution >= 4 is 55.7 Å². The largest absolute Gasteiger partial charge is 0.507 e. The maximum atomic E-state index is 13.2. The van der Waals surface area contributed by atoms with Gasteiger partial charge in [0, 0.05) is 10.6 Å². The van der Waals surface area contributed by atoms with Crippen molar-refractivity contribution in [1.29, 1.82) is 0 Å². The Balaban J connectivity index is 1.75. The number of aliphatic hydroxyl groups is 1. The predicted octanol–water partition coefficient (Wildman–Crippen LogP) is 5.88. The highest BCUT2D eigenvalue weighted by molar-refractivity contribution is 7.22. The van der Waals surface area contributed by atoms with E-state index in [1.165, 1.54) is 16.2 Å². The normalized spacial score (nSPS) is 17.9. The van der Waals surface area contributed by atoms with Crippen molar-refractivity contribution in [3.8, 4) is 0 Å². The number of hydrogen-bond donors (Lipinski definition) is 1. The van der Waals surface area contributed by atoms with Gasteiger partial charge >= 0.3 is 5.91 Å². The molecule has 5 rings (SSSR count). The summed E-state index contributed by atoms with van der Waals surface area (Å²) >= 11 is 7.57. The van der Waals surface area contributed by atoms with Crippen molar-refractivity contribution in [2.75, 3.05) is 4.90 Å². The van der Waals surface area contributed by atoms with Gasteiger partial charge in [0.05, 0.1) is 21.8 Å². The number of anilines is 1. The maximum Gasteiger partial charge on any atom is 0.301 e. The molecule has 0 radical (unpaired) electrons. The number of nitrogens with zero attached hydrogens (tertiary/aromatic N) is 2. The van der Waals surface area contributed by atoms with E-state index in [9.17, 15) is 14.7 Å². The summed E-state index contributed by atoms with van der Waals surface area (Å²) in [6.45, 7) is 1.98. The summed E-state index contributed by atoms with van der Waals surface area (Å²) in [5, 5.41) is 11.9. The van der Waals surface area contributed by atoms with Crippen LogP contribution >= 0.6 is 22.9 Å². The van der Waals surface area contributed by atoms with E-state index in [2.05, 4.69) is 4.98 Å². The number of aryl methyl sites for hydroxylation is 1. The molecule has 5 nitrogen and oxygen atoms in total. The van der Waals surface area contributed by atoms with E-state index in [0.29, 0.717) is 21.3 Å². The Morgan fingerprint density at radius 1 is 1.03 bits per heavy atom. The van der Waals surface area contributed by atoms with Gasteiger partial charge < -0.3 is 5.11 Å². The monoisotopic (exact) mass is 460 g/mol. The summed E-state index contributed by atoms with van der Waals surface area (Å²) in [4.78, 5) is 32.4. The number of hydrogen-bond acceptors (Lipinski definition) is 5. The van der Waals surface area contributed by atoms with E-state index in [1.807, 2.05) is 31.2 Å². The van der Waals surface area contributed by atoms with Crippen molar-refractivity contribution in [3.63, 3.8) is 0 Å². The van der Waals surface area contributed by atoms with Crippen LogP contribution in [0.25, 0.3) is 16.0 Å². The number of thiazole rings is 1. The van der Waals surface area contributed by atoms with Gasteiger partial charge in [-0.15, -0.1) is 0 Å². The lowest BCUT2D eigenvalue weighted by Gasteiger charge is -2.23. The molecule has 0 spiro atoms. The Morgan fingerprint density at radius 3 is 2.56 bits per heavy atom. The number of carbonyl (C=O) groups excluding carboxylic acids is 2. The van der Waals surface area contributed by atoms with Gasteiger partial charge in [-0.2, -0.15) is 0 Å². The minimum absolute atomic E-state index is 0.0129. The van der Waals surface area contributed by atoms with Crippen molar-refractivity contribution in [2.45, 2.75) is 13.0 Å². The molecule has 0 bridgehead atoms. The Morgan fingerprint density at radius 2 is 1.81 bits per heavy atom. The minimum atomic E-state index is -0.851. The topological polar surface area (TPSA) is 70.5 Å². The lowest BCUT2D eigenvalue weighted by molar-refractivity contribution is -0.132. The first-order valence-electron chi connectivity index (χ1n) is 9.93. The van der Waals surface area contributed by atoms with E-state index in [1.54, 1.807) is 48.5 Å². The number of fused-ring (bicyclic) bond motifs is 1. The van der Waals surface area contributed by atoms with E-state index in [4.69, 9.17) is 11.6 Å². The molecule has 0 unspecified atom stereocenters. The molecule has 4 aromatic rings. The highest BCUT2D eigenvalue weighted by Gasteiger charge is 2.48. The third-order valence-electron chi connectivity index (χ3n) is 5.39. The van der Waals surface area contributed by atoms with Gasteiger partial charge in [-0.1, -0.05) is 71.5 Å². The van der Waals surface area contributed by atoms with Crippen LogP contribution in [0.3, 0.4) is 0 Å². The van der Waals surface area contributed by atoms with E-state index in [-0.39, 0.29) is 11.3 Å². The van der Waals surface area contributed by atoms with Crippen LogP contribution < -0.4 is 4.90 Å². The number of rotatable bonds is 3. The molecular weight excluding hydrogens is 444 g/mol. The summed E-state index contributed by atoms with van der Waals surface area (Å²) in [7, 11) is 0. The number of amides is 1. The molecule has 1 atom stereocenters. The lowest BCUT2D eigenvalue weighted by atomic mass is 9.95. The number of aliphatic hydroxyl groups excluding tert-OH is 1. The Kier molecular flexibility index (Phi) is 5.04. The van der Waals surface area contributed by atoms with Crippen LogP contribution in [0.5, 0.6) is 0 Å². The van der Waals surface area contributed by atoms with Crippen LogP contribution in [-0.4, -0.2) is 21.8 Å². The fourth-order valence-corrected chi connectivity index (χ4v) is 5.19. The second kappa shape index (κ2) is 7.89. The van der Waals surface area contributed by atoms with Gasteiger partial charge in [0.1, 0.15) is 5.76 Å². The molecule has 1 fully saturated rings. The van der Waals surface area contributed by atoms with Gasteiger partial charge in [-0.05, 0) is 42.3 Å². The third kappa shape index (κ3) is 3.38. The number of Topliss-reactive ketones (excluding diaryl/α,β-unsaturated/α-hetero) is 1. The second-order valence-electron chi connectivity index (χ2n) is 7.56. The molecule has 2 heterocycles. The van der Waals surface area contributed by atoms with Gasteiger partial charge in [0.15, 0.2) is 5.13 Å². The zero-order chi connectivity index (χ0) is 22.4. The smallest absolute Gasteiger partial charge is 0.301 e. The van der Waals surface area contributed by atoms with Crippen LogP contribution in [0.4, 0.5) is 5.13 Å². The summed E-state index contributed by atoms with van der Waals surface area (Å²) in [5.41, 5.74) is 2.90. The van der Waals surface area contributed by atoms with Crippen molar-refractivity contribution < 1.29 is 14.7 Å². The Bertz CT molecular complexity index is 1410. The van der Waals surface area contributed by atoms with Crippen LogP contribution in [0.15, 0.2) is 78.4 Å². The molecule has 7 heteroatoms. The van der Waals surface area contributed by atoms with E-state index >= 15 is 0 Å². The van der Waals surface area contributed by atoms with E-state index in [0.717, 1.165) is 15.8 Å². The highest BCUT2D eigenvalue weighted by Crippen LogP contribution is 2.44. The van der Waals surface area contributed by atoms with Crippen LogP contribution in [0.2, 0.25) is 5.02 Å². The number of benzene rings is 3. The first kappa shape index (κ1) is 20.4. The lowest BCUT2D eigenvalue weighted by Crippen LogP contribution is -2.29. The fourth-order valence-electron chi connectivity index (χ4n) is 3.90. The molecule has 32 heavy (non-hydrogen) atoms. The molecule has 158 valence electrons. The molecular formula is C25H17ClN2O3S. The summed E-state index contributed by atoms with van der Waals surface area (Å²) in [5.74, 6) is -1.72. The van der Waals surface area contributed by atoms with Gasteiger partial charge in [0.25, 0.3) is 5.78 Å². The number of carbonyl (C=O) groups is 2. The third-order valence-corrected chi connectivity index (χ3v) is 6.65. The number of aromatic nitrogens is 1. The average molecular weight is 461 g/mol. The van der Waals surface area contributed by atoms with Gasteiger partial charge in [-0.25, -0.2) is 4.98 Å². The quantitative estimate of drug-likeness (QED) is 0.235. The molecule has 1 aromatic heterocycles. The van der Waals surface area contributed by atoms with Crippen LogP contribution in [-0.2, 0) is 9.59 Å². The van der Waals surface area contributed by atoms with Gasteiger partial charge in [0.2, 0.25) is 0 Å². The first-order chi connectivity index (χ1) is 15.4. The van der Waals surface area contributed by atoms with Crippen molar-refractivity contribution in [2.24, 2.45) is 0 Å². The molecule has 1 amide bonds. The summed E-state index contributed by atoms with van der Waals surface area (Å²) < 4.78 is 0.912. The zero-order valence-corrected chi connectivity index (χ0v) is 18.5. The molecule has 1 aliphatic rings. The summed E-state index contributed by atoms with van der Waals surface area (Å²) in [6.07, 6.45) is 0. The highest BCUT2D eigenvalue weighted by atomic mass is 35.5. The molecule has 0 aliphatic carbocycles. The Hall–Kier alpha value is -3.48. The molecule has 1 N–H and O–H groups in total. The van der Waals surface area contributed by atoms with Crippen molar-refractivity contribution in [3.05, 3.63) is 100 Å². The first-order valence-corrected chi connectivity index (χ1v) is 11.1. The SMILES string of the molecule is Cc1ccc2nc(N3C(=O)C(=O)/C(=C(/O)c4ccccc4)[C@H]3c3cccc(Cl)c3)sc2c1. The number of halogens is 1. The van der Waals surface area contributed by atoms with Crippen molar-refractivity contribution in [1.82, 2.24) is 4.98 Å². The van der Waals surface area contributed by atoms with Crippen LogP contribution in [0, 0.1) is 6.92 Å². The molecule has 3 aromatic carbocycles. The van der Waals surface area contributed by atoms with E-state index < -0.39 is 17.7 Å². The molecule has 1 saturated heterocycles. The van der Waals surface area contributed by atoms with Crippen LogP contribution in [0.1, 0.15) is 22.7 Å². The summed E-state index contributed by atoms with van der Waals surface area (Å²) in [6, 6.07) is 20.6. The standard InChI is InChI=1S/C25H17ClN2O3S/c1-14-10-11-18-19(12-14)32-25(27-18)28-21(16-8-5-9-17(26)13-16)20(23(30)24(28)31)22(29)15-6-3-2-4-7-15/h2-13,21,29H,1H3/b22-20+/t21-/m1/s1. The van der Waals surface area contributed by atoms with Gasteiger partial charge in [-0.3, -0.25) is 14.5 Å². The Labute approximate surface area is 193 Å². The number of ketones is 1. The second-order valence-corrected chi connectivity index (χ2v) is 9.00. The molecule has 1 aliphatic heterocycles. The molecule has 0 saturated carbocycles. The minimum Gasteiger partial charge on any atom is -0.507 e. The maximum absolute atomic E-state index is 13.2. The zero-order valence-electron chi connectivity index (χ0n) is 16.9. The average Bonchev–Trinajstić information content (AvgIpc) is 3.32. The fraction of sp³-hybridized carbons (Fsp3) is 0.0800.